The molecule has 4 heterocycles. The Hall–Kier alpha value is -3.77. The highest BCUT2D eigenvalue weighted by atomic mass is 35.5. The van der Waals surface area contributed by atoms with Gasteiger partial charge in [-0.3, -0.25) is 14.8 Å². The van der Waals surface area contributed by atoms with Crippen LogP contribution in [0.3, 0.4) is 0 Å². The van der Waals surface area contributed by atoms with Crippen LogP contribution in [0.4, 0.5) is 0 Å². The molecule has 4 aromatic heterocycles. The van der Waals surface area contributed by atoms with Crippen LogP contribution in [0.2, 0.25) is 5.02 Å². The molecule has 5 rings (SSSR count). The van der Waals surface area contributed by atoms with Gasteiger partial charge in [0.2, 0.25) is 0 Å². The summed E-state index contributed by atoms with van der Waals surface area (Å²) in [6.07, 6.45) is 7.60. The molecule has 0 aliphatic carbocycles. The lowest BCUT2D eigenvalue weighted by molar-refractivity contribution is 0.0950. The zero-order valence-electron chi connectivity index (χ0n) is 17.4. The van der Waals surface area contributed by atoms with Gasteiger partial charge in [0.15, 0.2) is 0 Å². The number of nitrogens with one attached hydrogen (secondary N) is 2. The van der Waals surface area contributed by atoms with E-state index in [1.807, 2.05) is 37.4 Å². The number of hydrogen-bond acceptors (Lipinski definition) is 4. The third-order valence-corrected chi connectivity index (χ3v) is 5.65. The second-order valence-corrected chi connectivity index (χ2v) is 8.22. The summed E-state index contributed by atoms with van der Waals surface area (Å²) in [5, 5.41) is 5.49. The second kappa shape index (κ2) is 8.40. The van der Waals surface area contributed by atoms with E-state index >= 15 is 0 Å². The van der Waals surface area contributed by atoms with Crippen molar-refractivity contribution in [2.75, 3.05) is 0 Å². The third kappa shape index (κ3) is 4.18. The van der Waals surface area contributed by atoms with Crippen LogP contribution < -0.4 is 5.32 Å². The summed E-state index contributed by atoms with van der Waals surface area (Å²) in [5.41, 5.74) is 6.22. The molecule has 2 N–H and O–H groups in total. The van der Waals surface area contributed by atoms with Crippen molar-refractivity contribution in [1.29, 1.82) is 0 Å². The van der Waals surface area contributed by atoms with Gasteiger partial charge < -0.3 is 10.3 Å². The van der Waals surface area contributed by atoms with Gasteiger partial charge in [-0.05, 0) is 60.0 Å². The lowest BCUT2D eigenvalue weighted by Gasteiger charge is -2.08. The van der Waals surface area contributed by atoms with Crippen LogP contribution in [0.1, 0.15) is 32.7 Å². The maximum Gasteiger partial charge on any atom is 0.251 e. The number of pyridine rings is 3. The van der Waals surface area contributed by atoms with Crippen LogP contribution in [0, 0.1) is 6.92 Å². The first kappa shape index (κ1) is 20.2. The molecular weight excluding hydrogens is 422 g/mol. The lowest BCUT2D eigenvalue weighted by atomic mass is 10.0. The van der Waals surface area contributed by atoms with Gasteiger partial charge in [-0.1, -0.05) is 17.7 Å². The number of fused-ring (bicyclic) bond motifs is 2. The zero-order valence-corrected chi connectivity index (χ0v) is 18.1. The van der Waals surface area contributed by atoms with E-state index in [2.05, 4.69) is 37.4 Å². The normalized spacial score (nSPS) is 11.2. The minimum atomic E-state index is -0.160. The van der Waals surface area contributed by atoms with Gasteiger partial charge >= 0.3 is 0 Å². The summed E-state index contributed by atoms with van der Waals surface area (Å²) in [4.78, 5) is 28.9. The summed E-state index contributed by atoms with van der Waals surface area (Å²) < 4.78 is 0. The van der Waals surface area contributed by atoms with Gasteiger partial charge in [0.1, 0.15) is 5.65 Å². The maximum absolute atomic E-state index is 12.7. The van der Waals surface area contributed by atoms with E-state index in [1.54, 1.807) is 24.7 Å². The molecule has 0 aliphatic heterocycles. The van der Waals surface area contributed by atoms with Crippen molar-refractivity contribution in [2.45, 2.75) is 19.9 Å². The molecule has 0 atom stereocenters. The Labute approximate surface area is 189 Å². The molecule has 158 valence electrons. The smallest absolute Gasteiger partial charge is 0.251 e. The van der Waals surface area contributed by atoms with E-state index in [0.29, 0.717) is 23.6 Å². The summed E-state index contributed by atoms with van der Waals surface area (Å²) in [6.45, 7) is 2.39. The van der Waals surface area contributed by atoms with Gasteiger partial charge in [-0.2, -0.15) is 0 Å². The Morgan fingerprint density at radius 2 is 1.94 bits per heavy atom. The third-order valence-electron chi connectivity index (χ3n) is 5.34. The fourth-order valence-corrected chi connectivity index (χ4v) is 3.92. The number of aryl methyl sites for hydroxylation is 1. The Morgan fingerprint density at radius 1 is 1.03 bits per heavy atom. The molecule has 0 aliphatic rings. The van der Waals surface area contributed by atoms with Crippen LogP contribution in [-0.4, -0.2) is 25.8 Å². The average molecular weight is 442 g/mol. The van der Waals surface area contributed by atoms with Crippen LogP contribution in [0.15, 0.2) is 67.3 Å². The molecule has 0 bridgehead atoms. The Balaban J connectivity index is 1.29. The average Bonchev–Trinajstić information content (AvgIpc) is 3.17. The van der Waals surface area contributed by atoms with Crippen LogP contribution in [0.25, 0.3) is 21.9 Å². The van der Waals surface area contributed by atoms with E-state index in [1.165, 1.54) is 0 Å². The summed E-state index contributed by atoms with van der Waals surface area (Å²) in [7, 11) is 0. The van der Waals surface area contributed by atoms with Crippen molar-refractivity contribution in [2.24, 2.45) is 0 Å². The van der Waals surface area contributed by atoms with Gasteiger partial charge in [0, 0.05) is 59.8 Å². The summed E-state index contributed by atoms with van der Waals surface area (Å²) in [6, 6.07) is 13.8. The SMILES string of the molecule is Cc1cnc2ccc(Cc3cc(C(=O)NCc4cnc5[nH]cc(Cl)c5c4)ccn3)cc2c1. The molecule has 0 saturated carbocycles. The number of amides is 1. The maximum atomic E-state index is 12.7. The van der Waals surface area contributed by atoms with Gasteiger partial charge in [-0.15, -0.1) is 0 Å². The highest BCUT2D eigenvalue weighted by Gasteiger charge is 2.10. The Bertz CT molecular complexity index is 1460. The first-order chi connectivity index (χ1) is 15.5. The summed E-state index contributed by atoms with van der Waals surface area (Å²) in [5.74, 6) is -0.160. The van der Waals surface area contributed by atoms with E-state index in [4.69, 9.17) is 11.6 Å². The Kier molecular flexibility index (Phi) is 5.29. The Morgan fingerprint density at radius 3 is 2.84 bits per heavy atom. The molecule has 1 amide bonds. The molecule has 5 aromatic rings. The van der Waals surface area contributed by atoms with E-state index in [9.17, 15) is 4.79 Å². The molecule has 0 spiro atoms. The number of aromatic amines is 1. The number of benzene rings is 1. The molecule has 6 nitrogen and oxygen atoms in total. The topological polar surface area (TPSA) is 83.6 Å². The lowest BCUT2D eigenvalue weighted by Crippen LogP contribution is -2.23. The largest absolute Gasteiger partial charge is 0.348 e. The molecular formula is C25H20ClN5O. The first-order valence-electron chi connectivity index (χ1n) is 10.2. The predicted molar refractivity (Wildman–Crippen MR) is 126 cm³/mol. The molecule has 0 fully saturated rings. The monoisotopic (exact) mass is 441 g/mol. The highest BCUT2D eigenvalue weighted by Crippen LogP contribution is 2.22. The molecule has 0 unspecified atom stereocenters. The molecule has 32 heavy (non-hydrogen) atoms. The van der Waals surface area contributed by atoms with E-state index in [0.717, 1.165) is 44.3 Å². The van der Waals surface area contributed by atoms with Crippen LogP contribution >= 0.6 is 11.6 Å². The van der Waals surface area contributed by atoms with E-state index < -0.39 is 0 Å². The van der Waals surface area contributed by atoms with Gasteiger partial charge in [0.25, 0.3) is 5.91 Å². The van der Waals surface area contributed by atoms with Crippen molar-refractivity contribution in [1.82, 2.24) is 25.3 Å². The van der Waals surface area contributed by atoms with Crippen molar-refractivity contribution in [3.63, 3.8) is 0 Å². The minimum Gasteiger partial charge on any atom is -0.348 e. The number of aromatic nitrogens is 4. The number of rotatable bonds is 5. The van der Waals surface area contributed by atoms with Crippen LogP contribution in [0.5, 0.6) is 0 Å². The number of H-pyrrole nitrogens is 1. The van der Waals surface area contributed by atoms with Crippen molar-refractivity contribution in [3.05, 3.63) is 100 Å². The molecule has 0 radical (unpaired) electrons. The number of nitrogens with zero attached hydrogens (tertiary/aromatic N) is 3. The summed E-state index contributed by atoms with van der Waals surface area (Å²) >= 11 is 6.16. The van der Waals surface area contributed by atoms with Crippen molar-refractivity contribution >= 4 is 39.4 Å². The van der Waals surface area contributed by atoms with Crippen molar-refractivity contribution in [3.8, 4) is 0 Å². The molecule has 0 saturated heterocycles. The van der Waals surface area contributed by atoms with E-state index in [-0.39, 0.29) is 5.91 Å². The number of carbonyl (C=O) groups is 1. The highest BCUT2D eigenvalue weighted by molar-refractivity contribution is 6.35. The van der Waals surface area contributed by atoms with Crippen molar-refractivity contribution < 1.29 is 4.79 Å². The first-order valence-corrected chi connectivity index (χ1v) is 10.6. The minimum absolute atomic E-state index is 0.160. The molecule has 1 aromatic carbocycles. The van der Waals surface area contributed by atoms with Gasteiger partial charge in [0.05, 0.1) is 10.5 Å². The predicted octanol–water partition coefficient (Wildman–Crippen LogP) is 4.99. The number of carbonyl (C=O) groups excluding carboxylic acids is 1. The quantitative estimate of drug-likeness (QED) is 0.402. The van der Waals surface area contributed by atoms with Gasteiger partial charge in [-0.25, -0.2) is 4.98 Å². The number of hydrogen-bond donors (Lipinski definition) is 2. The fourth-order valence-electron chi connectivity index (χ4n) is 3.72. The second-order valence-electron chi connectivity index (χ2n) is 7.81. The number of halogens is 1. The molecule has 7 heteroatoms. The fraction of sp³-hybridized carbons (Fsp3) is 0.120. The zero-order chi connectivity index (χ0) is 22.1. The standard InChI is InChI=1S/C25H20ClN5O/c1-15-6-19-7-16(2-3-23(19)28-11-15)8-20-10-18(4-5-27-20)25(32)31-13-17-9-21-22(26)14-30-24(21)29-12-17/h2-7,9-12,14H,8,13H2,1H3,(H,29,30)(H,31,32). The van der Waals surface area contributed by atoms with Crippen LogP contribution in [-0.2, 0) is 13.0 Å².